The fraction of sp³-hybridized carbons (Fsp3) is 0.0238. The molecule has 0 saturated carbocycles. The Bertz CT molecular complexity index is 2760. The molecule has 67 heavy (non-hydrogen) atoms. The second-order valence-corrected chi connectivity index (χ2v) is 13.9. The van der Waals surface area contributed by atoms with Crippen molar-refractivity contribution < 1.29 is 97.3 Å². The molecule has 348 valence electrons. The molecule has 0 spiro atoms. The fourth-order valence-corrected chi connectivity index (χ4v) is 7.22. The normalized spacial score (nSPS) is 11.5. The van der Waals surface area contributed by atoms with Crippen LogP contribution in [0.1, 0.15) is 5.56 Å². The predicted molar refractivity (Wildman–Crippen MR) is 193 cm³/mol. The van der Waals surface area contributed by atoms with E-state index < -0.39 is 144 Å². The Kier molecular flexibility index (Phi) is 13.5. The Hall–Kier alpha value is -7.47. The first-order valence-corrected chi connectivity index (χ1v) is 17.9. The van der Waals surface area contributed by atoms with Crippen molar-refractivity contribution in [3.8, 4) is 11.1 Å². The molecular weight excluding hydrogens is 955 g/mol. The number of aromatic nitrogens is 1. The quantitative estimate of drug-likeness (QED) is 0.0290. The van der Waals surface area contributed by atoms with E-state index in [0.29, 0.717) is 0 Å². The predicted octanol–water partition coefficient (Wildman–Crippen LogP) is 9.44. The molecule has 0 radical (unpaired) electrons. The first kappa shape index (κ1) is 49.0. The molecule has 4 nitrogen and oxygen atoms in total. The summed E-state index contributed by atoms with van der Waals surface area (Å²) in [5.41, 5.74) is -11.2. The van der Waals surface area contributed by atoms with Crippen molar-refractivity contribution in [1.29, 1.82) is 0 Å². The Labute approximate surface area is 359 Å². The molecule has 0 aliphatic carbocycles. The van der Waals surface area contributed by atoms with E-state index in [0.717, 1.165) is 17.7 Å². The maximum Gasteiger partial charge on any atom is 0.270 e. The molecule has 7 aromatic rings. The summed E-state index contributed by atoms with van der Waals surface area (Å²) < 4.78 is 296. The molecule has 0 bridgehead atoms. The van der Waals surface area contributed by atoms with E-state index in [-0.39, 0.29) is 10.6 Å². The highest BCUT2D eigenvalue weighted by molar-refractivity contribution is 7.20. The highest BCUT2D eigenvalue weighted by Crippen LogP contribution is 2.31. The summed E-state index contributed by atoms with van der Waals surface area (Å²) in [5.74, 6) is -71.4. The van der Waals surface area contributed by atoms with Crippen LogP contribution in [0.2, 0.25) is 0 Å². The first-order chi connectivity index (χ1) is 31.4. The van der Waals surface area contributed by atoms with Gasteiger partial charge in [-0.15, -0.1) is 21.9 Å². The number of nitrogens with zero attached hydrogens (tertiary/aromatic N) is 2. The van der Waals surface area contributed by atoms with Gasteiger partial charge in [0.2, 0.25) is 0 Å². The lowest BCUT2D eigenvalue weighted by atomic mass is 9.12. The van der Waals surface area contributed by atoms with Gasteiger partial charge in [0.25, 0.3) is 5.69 Å². The molecule has 7 rings (SSSR count). The van der Waals surface area contributed by atoms with Gasteiger partial charge in [-0.1, -0.05) is 42.5 Å². The zero-order valence-corrected chi connectivity index (χ0v) is 32.1. The Morgan fingerprint density at radius 1 is 0.373 bits per heavy atom. The van der Waals surface area contributed by atoms with Crippen molar-refractivity contribution in [3.05, 3.63) is 211 Å². The van der Waals surface area contributed by atoms with Crippen LogP contribution in [0.5, 0.6) is 0 Å². The second-order valence-electron chi connectivity index (χ2n) is 13.9. The van der Waals surface area contributed by atoms with Gasteiger partial charge in [0, 0.05) is 29.8 Å². The van der Waals surface area contributed by atoms with Crippen LogP contribution in [0, 0.1) is 126 Å². The topological polar surface area (TPSA) is 47.0 Å². The fourth-order valence-electron chi connectivity index (χ4n) is 7.22. The molecule has 0 N–H and O–H groups in total. The van der Waals surface area contributed by atoms with Crippen LogP contribution in [0.3, 0.4) is 0 Å². The highest BCUT2D eigenvalue weighted by atomic mass is 19.2. The number of benzene rings is 6. The van der Waals surface area contributed by atoms with Crippen LogP contribution in [-0.2, 0) is 6.54 Å². The van der Waals surface area contributed by atoms with E-state index in [9.17, 15) is 62.8 Å². The molecule has 0 aliphatic heterocycles. The summed E-state index contributed by atoms with van der Waals surface area (Å²) in [4.78, 5) is 10.5. The standard InChI is InChI=1S/C24BF20.C18H15N2O2/c26-5-1(6(27)14(35)21(42)13(5)34)25(2-7(28)15(36)22(43)16(37)8(2)29,3-9(30)17(38)23(44)18(39)10(3)31)4-11(32)19(40)24(45)20(41)12(4)33;21-20(22)18-8-4-7-17(13-18)16-9-11-19(12-10-16)14-15-5-2-1-3-6-15/h;1-13H,14H2/q-1;+1. The Balaban J connectivity index is 0.000000279. The molecule has 0 aliphatic rings. The largest absolute Gasteiger partial charge is 0.270 e. The van der Waals surface area contributed by atoms with E-state index in [4.69, 9.17) is 0 Å². The van der Waals surface area contributed by atoms with Crippen LogP contribution in [0.4, 0.5) is 93.5 Å². The smallest absolute Gasteiger partial charge is 0.258 e. The zero-order chi connectivity index (χ0) is 49.7. The minimum absolute atomic E-state index is 0.110. The van der Waals surface area contributed by atoms with Crippen molar-refractivity contribution >= 4 is 33.7 Å². The van der Waals surface area contributed by atoms with Crippen LogP contribution in [-0.4, -0.2) is 11.1 Å². The Morgan fingerprint density at radius 2 is 0.672 bits per heavy atom. The van der Waals surface area contributed by atoms with Gasteiger partial charge in [0.05, 0.1) is 4.92 Å². The molecule has 0 amide bonds. The third kappa shape index (κ3) is 8.04. The molecule has 0 unspecified atom stereocenters. The summed E-state index contributed by atoms with van der Waals surface area (Å²) in [6.07, 6.45) is -3.24. The van der Waals surface area contributed by atoms with E-state index >= 15 is 35.1 Å². The highest BCUT2D eigenvalue weighted by Gasteiger charge is 2.52. The zero-order valence-electron chi connectivity index (χ0n) is 32.1. The summed E-state index contributed by atoms with van der Waals surface area (Å²) in [5, 5.41) is 10.8. The molecule has 0 atom stereocenters. The van der Waals surface area contributed by atoms with E-state index in [1.54, 1.807) is 12.1 Å². The van der Waals surface area contributed by atoms with Gasteiger partial charge in [-0.2, -0.15) is 0 Å². The summed E-state index contributed by atoms with van der Waals surface area (Å²) in [6.45, 7) is 0.802. The van der Waals surface area contributed by atoms with Crippen molar-refractivity contribution in [3.63, 3.8) is 0 Å². The van der Waals surface area contributed by atoms with Gasteiger partial charge in [-0.3, -0.25) is 10.1 Å². The lowest BCUT2D eigenvalue weighted by Crippen LogP contribution is -2.81. The number of nitro groups is 1. The van der Waals surface area contributed by atoms with Crippen LogP contribution >= 0.6 is 0 Å². The SMILES string of the molecule is Fc1c(F)c(F)c([B-](c2c(F)c(F)c(F)c(F)c2F)(c2c(F)c(F)c(F)c(F)c2F)c2c(F)c(F)c(F)c(F)c2F)c(F)c1F.O=[N+]([O-])c1cccc(-c2cc[n+](Cc3ccccc3)cc2)c1. The number of pyridine rings is 1. The number of halogens is 20. The van der Waals surface area contributed by atoms with Crippen molar-refractivity contribution in [2.24, 2.45) is 0 Å². The molecule has 0 saturated heterocycles. The summed E-state index contributed by atoms with van der Waals surface area (Å²) >= 11 is 0. The van der Waals surface area contributed by atoms with Gasteiger partial charge in [-0.25, -0.2) is 92.4 Å². The molecule has 6 aromatic carbocycles. The van der Waals surface area contributed by atoms with Gasteiger partial charge < -0.3 is 0 Å². The molecule has 25 heteroatoms. The summed E-state index contributed by atoms with van der Waals surface area (Å²) in [7, 11) is 0. The molecule has 0 fully saturated rings. The van der Waals surface area contributed by atoms with Crippen molar-refractivity contribution in [1.82, 2.24) is 0 Å². The van der Waals surface area contributed by atoms with E-state index in [1.807, 2.05) is 48.8 Å². The van der Waals surface area contributed by atoms with Crippen molar-refractivity contribution in [2.45, 2.75) is 6.54 Å². The summed E-state index contributed by atoms with van der Waals surface area (Å²) in [6, 6.07) is 20.8. The third-order valence-corrected chi connectivity index (χ3v) is 10.2. The Morgan fingerprint density at radius 3 is 0.970 bits per heavy atom. The monoisotopic (exact) mass is 970 g/mol. The minimum Gasteiger partial charge on any atom is -0.258 e. The molecule has 1 heterocycles. The number of hydrogen-bond acceptors (Lipinski definition) is 2. The van der Waals surface area contributed by atoms with Gasteiger partial charge in [0.15, 0.2) is 88.7 Å². The third-order valence-electron chi connectivity index (χ3n) is 10.2. The number of rotatable bonds is 8. The van der Waals surface area contributed by atoms with Crippen LogP contribution in [0.25, 0.3) is 11.1 Å². The minimum atomic E-state index is -7.22. The average molecular weight is 970 g/mol. The van der Waals surface area contributed by atoms with Gasteiger partial charge >= 0.3 is 0 Å². The van der Waals surface area contributed by atoms with Crippen LogP contribution < -0.4 is 26.4 Å². The lowest BCUT2D eigenvalue weighted by Gasteiger charge is -2.44. The lowest BCUT2D eigenvalue weighted by molar-refractivity contribution is -0.688. The second kappa shape index (κ2) is 18.4. The number of hydrogen-bond donors (Lipinski definition) is 0. The maximum atomic E-state index is 15.4. The maximum absolute atomic E-state index is 15.4. The number of nitro benzene ring substituents is 1. The first-order valence-electron chi connectivity index (χ1n) is 17.9. The van der Waals surface area contributed by atoms with E-state index in [2.05, 4.69) is 16.7 Å². The molecule has 1 aromatic heterocycles. The van der Waals surface area contributed by atoms with Gasteiger partial charge in [0.1, 0.15) is 52.7 Å². The molecular formula is C42H15BF20N2O2. The average Bonchev–Trinajstić information content (AvgIpc) is 3.32. The number of non-ortho nitro benzene ring substituents is 1. The van der Waals surface area contributed by atoms with E-state index in [1.165, 1.54) is 11.6 Å². The van der Waals surface area contributed by atoms with Crippen LogP contribution in [0.15, 0.2) is 79.1 Å². The van der Waals surface area contributed by atoms with Crippen molar-refractivity contribution in [2.75, 3.05) is 0 Å². The van der Waals surface area contributed by atoms with Gasteiger partial charge in [-0.05, 0) is 11.1 Å².